The number of rotatable bonds is 9. The highest BCUT2D eigenvalue weighted by molar-refractivity contribution is 8.01. The highest BCUT2D eigenvalue weighted by Gasteiger charge is 2.20. The van der Waals surface area contributed by atoms with Crippen LogP contribution in [0.1, 0.15) is 21.6 Å². The average Bonchev–Trinajstić information content (AvgIpc) is 3.20. The molecule has 168 valence electrons. The van der Waals surface area contributed by atoms with Gasteiger partial charge in [0.2, 0.25) is 5.75 Å². The standard InChI is InChI=1S/C21H21N3O6S2/c1-12-11-31-21(23-12)32-18-6-5-14(9-15(18)24(26)27)20(25)22-10-13-7-16(28-2)19(30-4)17(8-13)29-3/h5-9,11H,10H2,1-4H3,(H,22,25). The number of benzene rings is 2. The molecule has 3 aromatic rings. The summed E-state index contributed by atoms with van der Waals surface area (Å²) in [4.78, 5) is 28.5. The Morgan fingerprint density at radius 3 is 2.38 bits per heavy atom. The molecule has 32 heavy (non-hydrogen) atoms. The van der Waals surface area contributed by atoms with Gasteiger partial charge in [-0.3, -0.25) is 14.9 Å². The maximum atomic E-state index is 12.7. The monoisotopic (exact) mass is 475 g/mol. The number of hydrogen-bond acceptors (Lipinski definition) is 9. The summed E-state index contributed by atoms with van der Waals surface area (Å²) in [6.45, 7) is 2.02. The van der Waals surface area contributed by atoms with Gasteiger partial charge in [-0.15, -0.1) is 11.3 Å². The second-order valence-electron chi connectivity index (χ2n) is 6.51. The zero-order valence-electron chi connectivity index (χ0n) is 17.8. The van der Waals surface area contributed by atoms with E-state index in [1.54, 1.807) is 24.3 Å². The number of amides is 1. The van der Waals surface area contributed by atoms with Crippen molar-refractivity contribution in [3.8, 4) is 17.2 Å². The summed E-state index contributed by atoms with van der Waals surface area (Å²) in [5.41, 5.74) is 1.60. The number of nitrogens with one attached hydrogen (secondary N) is 1. The van der Waals surface area contributed by atoms with Gasteiger partial charge in [0.1, 0.15) is 0 Å². The third-order valence-corrected chi connectivity index (χ3v) is 6.51. The Kier molecular flexibility index (Phi) is 7.54. The van der Waals surface area contributed by atoms with E-state index < -0.39 is 10.8 Å². The largest absolute Gasteiger partial charge is 0.493 e. The highest BCUT2D eigenvalue weighted by Crippen LogP contribution is 2.38. The lowest BCUT2D eigenvalue weighted by molar-refractivity contribution is -0.387. The first-order chi connectivity index (χ1) is 15.4. The summed E-state index contributed by atoms with van der Waals surface area (Å²) < 4.78 is 16.6. The zero-order chi connectivity index (χ0) is 23.3. The molecule has 0 saturated heterocycles. The third-order valence-electron chi connectivity index (χ3n) is 4.39. The molecule has 1 amide bonds. The van der Waals surface area contributed by atoms with E-state index in [2.05, 4.69) is 10.3 Å². The van der Waals surface area contributed by atoms with E-state index in [0.29, 0.717) is 32.0 Å². The lowest BCUT2D eigenvalue weighted by Crippen LogP contribution is -2.23. The molecule has 0 aliphatic heterocycles. The number of carbonyl (C=O) groups is 1. The Morgan fingerprint density at radius 2 is 1.84 bits per heavy atom. The van der Waals surface area contributed by atoms with Gasteiger partial charge in [-0.1, -0.05) is 11.8 Å². The van der Waals surface area contributed by atoms with E-state index >= 15 is 0 Å². The van der Waals surface area contributed by atoms with Crippen molar-refractivity contribution < 1.29 is 23.9 Å². The summed E-state index contributed by atoms with van der Waals surface area (Å²) >= 11 is 2.61. The summed E-state index contributed by atoms with van der Waals surface area (Å²) in [6.07, 6.45) is 0. The molecule has 1 aromatic heterocycles. The molecule has 1 heterocycles. The van der Waals surface area contributed by atoms with Crippen molar-refractivity contribution in [2.24, 2.45) is 0 Å². The Morgan fingerprint density at radius 1 is 1.16 bits per heavy atom. The predicted molar refractivity (Wildman–Crippen MR) is 121 cm³/mol. The molecule has 9 nitrogen and oxygen atoms in total. The molecular formula is C21H21N3O6S2. The van der Waals surface area contributed by atoms with Gasteiger partial charge in [-0.2, -0.15) is 0 Å². The molecule has 0 aliphatic carbocycles. The first-order valence-corrected chi connectivity index (χ1v) is 11.0. The second-order valence-corrected chi connectivity index (χ2v) is 8.66. The van der Waals surface area contributed by atoms with Crippen molar-refractivity contribution in [3.63, 3.8) is 0 Å². The van der Waals surface area contributed by atoms with Crippen molar-refractivity contribution in [2.75, 3.05) is 21.3 Å². The number of nitro groups is 1. The number of hydrogen-bond donors (Lipinski definition) is 1. The fraction of sp³-hybridized carbons (Fsp3) is 0.238. The van der Waals surface area contributed by atoms with Crippen molar-refractivity contribution >= 4 is 34.7 Å². The molecule has 0 spiro atoms. The molecule has 0 saturated carbocycles. The molecule has 3 rings (SSSR count). The van der Waals surface area contributed by atoms with E-state index in [1.165, 1.54) is 50.5 Å². The van der Waals surface area contributed by atoms with E-state index in [0.717, 1.165) is 5.69 Å². The number of carbonyl (C=O) groups excluding carboxylic acids is 1. The maximum absolute atomic E-state index is 12.7. The Labute approximate surface area is 192 Å². The summed E-state index contributed by atoms with van der Waals surface area (Å²) in [5, 5.41) is 16.2. The van der Waals surface area contributed by atoms with Gasteiger partial charge in [-0.05, 0) is 36.8 Å². The normalized spacial score (nSPS) is 10.5. The van der Waals surface area contributed by atoms with Crippen molar-refractivity contribution in [1.29, 1.82) is 0 Å². The Hall–Kier alpha value is -3.31. The molecule has 0 fully saturated rings. The van der Waals surface area contributed by atoms with Gasteiger partial charge in [0.05, 0.1) is 31.1 Å². The zero-order valence-corrected chi connectivity index (χ0v) is 19.5. The van der Waals surface area contributed by atoms with Crippen LogP contribution in [0.4, 0.5) is 5.69 Å². The molecule has 0 atom stereocenters. The molecule has 0 bridgehead atoms. The van der Waals surface area contributed by atoms with Gasteiger partial charge < -0.3 is 19.5 Å². The van der Waals surface area contributed by atoms with Crippen molar-refractivity contribution in [3.05, 3.63) is 62.6 Å². The van der Waals surface area contributed by atoms with Gasteiger partial charge >= 0.3 is 0 Å². The summed E-state index contributed by atoms with van der Waals surface area (Å²) in [5.74, 6) is 0.934. The summed E-state index contributed by atoms with van der Waals surface area (Å²) in [6, 6.07) is 7.83. The average molecular weight is 476 g/mol. The van der Waals surface area contributed by atoms with Gasteiger partial charge in [0, 0.05) is 29.2 Å². The lowest BCUT2D eigenvalue weighted by atomic mass is 10.1. The van der Waals surface area contributed by atoms with Crippen LogP contribution in [0.15, 0.2) is 44.9 Å². The van der Waals surface area contributed by atoms with Crippen LogP contribution in [0.3, 0.4) is 0 Å². The molecular weight excluding hydrogens is 454 g/mol. The number of methoxy groups -OCH3 is 3. The summed E-state index contributed by atoms with van der Waals surface area (Å²) in [7, 11) is 4.52. The number of nitro benzene ring substituents is 1. The molecule has 0 radical (unpaired) electrons. The number of thiazole rings is 1. The second kappa shape index (κ2) is 10.3. The van der Waals surface area contributed by atoms with Crippen molar-refractivity contribution in [2.45, 2.75) is 22.7 Å². The van der Waals surface area contributed by atoms with Crippen LogP contribution < -0.4 is 19.5 Å². The number of aryl methyl sites for hydroxylation is 1. The first kappa shape index (κ1) is 23.4. The minimum atomic E-state index is -0.501. The Bertz CT molecular complexity index is 1120. The van der Waals surface area contributed by atoms with E-state index in [-0.39, 0.29) is 17.8 Å². The predicted octanol–water partition coefficient (Wildman–Crippen LogP) is 4.47. The molecule has 11 heteroatoms. The topological polar surface area (TPSA) is 113 Å². The van der Waals surface area contributed by atoms with E-state index in [4.69, 9.17) is 14.2 Å². The van der Waals surface area contributed by atoms with Crippen LogP contribution in [0, 0.1) is 17.0 Å². The number of aromatic nitrogens is 1. The molecule has 0 aliphatic rings. The molecule has 1 N–H and O–H groups in total. The van der Waals surface area contributed by atoms with Crippen LogP contribution in [0.2, 0.25) is 0 Å². The molecule has 0 unspecified atom stereocenters. The number of ether oxygens (including phenoxy) is 3. The third kappa shape index (κ3) is 5.29. The van der Waals surface area contributed by atoms with Crippen LogP contribution >= 0.6 is 23.1 Å². The Balaban J connectivity index is 1.78. The minimum absolute atomic E-state index is 0.150. The molecule has 2 aromatic carbocycles. The lowest BCUT2D eigenvalue weighted by Gasteiger charge is -2.14. The quantitative estimate of drug-likeness (QED) is 0.356. The van der Waals surface area contributed by atoms with E-state index in [9.17, 15) is 14.9 Å². The van der Waals surface area contributed by atoms with Crippen LogP contribution in [-0.2, 0) is 6.54 Å². The van der Waals surface area contributed by atoms with Crippen molar-refractivity contribution in [1.82, 2.24) is 10.3 Å². The maximum Gasteiger partial charge on any atom is 0.284 e. The van der Waals surface area contributed by atoms with E-state index in [1.807, 2.05) is 12.3 Å². The fourth-order valence-electron chi connectivity index (χ4n) is 2.88. The fourth-order valence-corrected chi connectivity index (χ4v) is 4.76. The van der Waals surface area contributed by atoms with Gasteiger partial charge in [-0.25, -0.2) is 4.98 Å². The number of nitrogens with zero attached hydrogens (tertiary/aromatic N) is 2. The smallest absolute Gasteiger partial charge is 0.284 e. The van der Waals surface area contributed by atoms with Gasteiger partial charge in [0.15, 0.2) is 15.8 Å². The van der Waals surface area contributed by atoms with Crippen LogP contribution in [-0.4, -0.2) is 37.1 Å². The SMILES string of the molecule is COc1cc(CNC(=O)c2ccc(Sc3nc(C)cs3)c([N+](=O)[O-])c2)cc(OC)c1OC. The first-order valence-electron chi connectivity index (χ1n) is 9.31. The van der Waals surface area contributed by atoms with Gasteiger partial charge in [0.25, 0.3) is 11.6 Å². The van der Waals surface area contributed by atoms with Crippen LogP contribution in [0.5, 0.6) is 17.2 Å². The van der Waals surface area contributed by atoms with Crippen LogP contribution in [0.25, 0.3) is 0 Å². The minimum Gasteiger partial charge on any atom is -0.493 e. The highest BCUT2D eigenvalue weighted by atomic mass is 32.2.